The van der Waals surface area contributed by atoms with Gasteiger partial charge in [-0.2, -0.15) is 13.2 Å². The molecule has 0 bridgehead atoms. The fourth-order valence-corrected chi connectivity index (χ4v) is 3.75. The molecule has 1 fully saturated rings. The van der Waals surface area contributed by atoms with Crippen LogP contribution in [0, 0.1) is 0 Å². The van der Waals surface area contributed by atoms with Crippen LogP contribution in [0.1, 0.15) is 12.8 Å². The molecule has 0 atom stereocenters. The molecule has 0 aromatic carbocycles. The van der Waals surface area contributed by atoms with Crippen molar-refractivity contribution >= 4 is 23.5 Å². The minimum absolute atomic E-state index is 0.247. The highest BCUT2D eigenvalue weighted by Gasteiger charge is 2.33. The molecule has 0 aromatic rings. The van der Waals surface area contributed by atoms with E-state index in [1.165, 1.54) is 23.5 Å². The average Bonchev–Trinajstić information content (AvgIpc) is 1.85. The SMILES string of the molecule is FC(F)(F)CC1SCCCS1. The van der Waals surface area contributed by atoms with E-state index in [2.05, 4.69) is 0 Å². The zero-order valence-electron chi connectivity index (χ0n) is 5.86. The first kappa shape index (κ1) is 9.58. The van der Waals surface area contributed by atoms with Crippen molar-refractivity contribution in [2.75, 3.05) is 11.5 Å². The number of hydrogen-bond donors (Lipinski definition) is 0. The van der Waals surface area contributed by atoms with Gasteiger partial charge in [-0.1, -0.05) is 0 Å². The Labute approximate surface area is 72.3 Å². The van der Waals surface area contributed by atoms with Gasteiger partial charge in [0.05, 0.1) is 11.0 Å². The average molecular weight is 202 g/mol. The maximum absolute atomic E-state index is 11.8. The predicted octanol–water partition coefficient (Wildman–Crippen LogP) is 3.14. The second-order valence-corrected chi connectivity index (χ2v) is 5.26. The molecule has 0 unspecified atom stereocenters. The standard InChI is InChI=1S/C6H9F3S2/c7-6(8,9)4-5-10-2-1-3-11-5/h5H,1-4H2. The van der Waals surface area contributed by atoms with Crippen molar-refractivity contribution in [3.05, 3.63) is 0 Å². The highest BCUT2D eigenvalue weighted by atomic mass is 32.2. The third-order valence-corrected chi connectivity index (χ3v) is 4.24. The number of alkyl halides is 3. The Bertz CT molecular complexity index is 117. The van der Waals surface area contributed by atoms with E-state index in [0.29, 0.717) is 0 Å². The molecule has 0 saturated carbocycles. The Kier molecular flexibility index (Phi) is 3.43. The molecule has 0 aliphatic carbocycles. The molecular formula is C6H9F3S2. The molecule has 0 N–H and O–H groups in total. The maximum atomic E-state index is 11.8. The molecule has 11 heavy (non-hydrogen) atoms. The summed E-state index contributed by atoms with van der Waals surface area (Å²) in [5.74, 6) is 1.77. The topological polar surface area (TPSA) is 0 Å². The molecule has 1 saturated heterocycles. The molecule has 0 nitrogen and oxygen atoms in total. The minimum atomic E-state index is -3.98. The Morgan fingerprint density at radius 1 is 1.18 bits per heavy atom. The molecule has 66 valence electrons. The molecule has 0 radical (unpaired) electrons. The number of halogens is 3. The number of hydrogen-bond acceptors (Lipinski definition) is 2. The summed E-state index contributed by atoms with van der Waals surface area (Å²) in [7, 11) is 0. The molecular weight excluding hydrogens is 193 g/mol. The molecule has 5 heteroatoms. The van der Waals surface area contributed by atoms with Crippen molar-refractivity contribution < 1.29 is 13.2 Å². The van der Waals surface area contributed by atoms with Crippen LogP contribution in [0.25, 0.3) is 0 Å². The van der Waals surface area contributed by atoms with Crippen molar-refractivity contribution in [2.24, 2.45) is 0 Å². The number of rotatable bonds is 1. The van der Waals surface area contributed by atoms with E-state index in [0.717, 1.165) is 17.9 Å². The molecule has 1 aliphatic heterocycles. The van der Waals surface area contributed by atoms with E-state index in [9.17, 15) is 13.2 Å². The second-order valence-electron chi connectivity index (χ2n) is 2.34. The summed E-state index contributed by atoms with van der Waals surface area (Å²) in [6.45, 7) is 0. The Morgan fingerprint density at radius 2 is 1.73 bits per heavy atom. The van der Waals surface area contributed by atoms with E-state index >= 15 is 0 Å². The van der Waals surface area contributed by atoms with Gasteiger partial charge in [-0.15, -0.1) is 23.5 Å². The van der Waals surface area contributed by atoms with Gasteiger partial charge in [0, 0.05) is 0 Å². The lowest BCUT2D eigenvalue weighted by Crippen LogP contribution is -2.17. The maximum Gasteiger partial charge on any atom is 0.390 e. The monoisotopic (exact) mass is 202 g/mol. The Hall–Kier alpha value is 0.490. The smallest absolute Gasteiger partial charge is 0.171 e. The van der Waals surface area contributed by atoms with E-state index in [-0.39, 0.29) is 4.58 Å². The van der Waals surface area contributed by atoms with Gasteiger partial charge in [0.25, 0.3) is 0 Å². The van der Waals surface area contributed by atoms with Crippen molar-refractivity contribution in [3.63, 3.8) is 0 Å². The first-order valence-corrected chi connectivity index (χ1v) is 5.48. The summed E-state index contributed by atoms with van der Waals surface area (Å²) in [4.78, 5) is 0. The van der Waals surface area contributed by atoms with Crippen LogP contribution in [0.15, 0.2) is 0 Å². The van der Waals surface area contributed by atoms with Gasteiger partial charge in [0.1, 0.15) is 0 Å². The van der Waals surface area contributed by atoms with E-state index < -0.39 is 12.6 Å². The summed E-state index contributed by atoms with van der Waals surface area (Å²) in [6, 6.07) is 0. The molecule has 1 rings (SSSR count). The van der Waals surface area contributed by atoms with E-state index in [1.54, 1.807) is 0 Å². The van der Waals surface area contributed by atoms with Crippen LogP contribution >= 0.6 is 23.5 Å². The fraction of sp³-hybridized carbons (Fsp3) is 1.00. The van der Waals surface area contributed by atoms with Crippen LogP contribution in [0.3, 0.4) is 0 Å². The lowest BCUT2D eigenvalue weighted by molar-refractivity contribution is -0.131. The predicted molar refractivity (Wildman–Crippen MR) is 44.0 cm³/mol. The van der Waals surface area contributed by atoms with Gasteiger partial charge in [-0.25, -0.2) is 0 Å². The first-order valence-electron chi connectivity index (χ1n) is 3.38. The van der Waals surface area contributed by atoms with Gasteiger partial charge in [-0.3, -0.25) is 0 Å². The van der Waals surface area contributed by atoms with Crippen LogP contribution in [0.4, 0.5) is 13.2 Å². The fourth-order valence-electron chi connectivity index (χ4n) is 0.843. The zero-order chi connectivity index (χ0) is 8.32. The summed E-state index contributed by atoms with van der Waals surface area (Å²) in [6.07, 6.45) is -3.58. The first-order chi connectivity index (χ1) is 5.08. The van der Waals surface area contributed by atoms with Gasteiger partial charge in [0.15, 0.2) is 0 Å². The lowest BCUT2D eigenvalue weighted by atomic mass is 10.5. The Balaban J connectivity index is 2.24. The molecule has 0 aromatic heterocycles. The highest BCUT2D eigenvalue weighted by molar-refractivity contribution is 8.17. The summed E-state index contributed by atoms with van der Waals surface area (Å²) < 4.78 is 35.2. The van der Waals surface area contributed by atoms with Gasteiger partial charge in [0.2, 0.25) is 0 Å². The Morgan fingerprint density at radius 3 is 2.18 bits per heavy atom. The van der Waals surface area contributed by atoms with Crippen molar-refractivity contribution in [2.45, 2.75) is 23.6 Å². The minimum Gasteiger partial charge on any atom is -0.171 e. The molecule has 1 heterocycles. The number of thioether (sulfide) groups is 2. The molecule has 0 spiro atoms. The van der Waals surface area contributed by atoms with Crippen LogP contribution in [-0.4, -0.2) is 22.3 Å². The van der Waals surface area contributed by atoms with Gasteiger partial charge in [-0.05, 0) is 17.9 Å². The quantitative estimate of drug-likeness (QED) is 0.640. The summed E-state index contributed by atoms with van der Waals surface area (Å²) in [5.41, 5.74) is 0. The largest absolute Gasteiger partial charge is 0.390 e. The summed E-state index contributed by atoms with van der Waals surface area (Å²) in [5, 5.41) is 0. The van der Waals surface area contributed by atoms with Crippen LogP contribution in [0.5, 0.6) is 0 Å². The van der Waals surface area contributed by atoms with E-state index in [4.69, 9.17) is 0 Å². The highest BCUT2D eigenvalue weighted by Crippen LogP contribution is 2.38. The molecule has 1 aliphatic rings. The zero-order valence-corrected chi connectivity index (χ0v) is 7.49. The van der Waals surface area contributed by atoms with Crippen LogP contribution < -0.4 is 0 Å². The van der Waals surface area contributed by atoms with Crippen molar-refractivity contribution in [1.29, 1.82) is 0 Å². The van der Waals surface area contributed by atoms with Crippen molar-refractivity contribution in [1.82, 2.24) is 0 Å². The normalized spacial score (nSPS) is 22.1. The third kappa shape index (κ3) is 4.15. The van der Waals surface area contributed by atoms with Gasteiger partial charge < -0.3 is 0 Å². The molecule has 0 amide bonds. The third-order valence-electron chi connectivity index (χ3n) is 1.29. The van der Waals surface area contributed by atoms with Crippen LogP contribution in [0.2, 0.25) is 0 Å². The van der Waals surface area contributed by atoms with Crippen molar-refractivity contribution in [3.8, 4) is 0 Å². The van der Waals surface area contributed by atoms with E-state index in [1.807, 2.05) is 0 Å². The lowest BCUT2D eigenvalue weighted by Gasteiger charge is -2.21. The van der Waals surface area contributed by atoms with Gasteiger partial charge >= 0.3 is 6.18 Å². The second kappa shape index (κ2) is 3.94. The summed E-state index contributed by atoms with van der Waals surface area (Å²) >= 11 is 2.87. The van der Waals surface area contributed by atoms with Crippen LogP contribution in [-0.2, 0) is 0 Å².